The van der Waals surface area contributed by atoms with Crippen molar-refractivity contribution < 1.29 is 9.13 Å². The minimum absolute atomic E-state index is 0.132. The lowest BCUT2D eigenvalue weighted by Crippen LogP contribution is -2.14. The Balaban J connectivity index is 2.26. The van der Waals surface area contributed by atoms with Gasteiger partial charge in [-0.05, 0) is 24.1 Å². The lowest BCUT2D eigenvalue weighted by molar-refractivity contribution is 0.405. The third-order valence-corrected chi connectivity index (χ3v) is 3.43. The number of methoxy groups -OCH3 is 1. The van der Waals surface area contributed by atoms with Crippen LogP contribution in [0.15, 0.2) is 42.5 Å². The molecule has 0 saturated carbocycles. The fourth-order valence-electron chi connectivity index (χ4n) is 2.03. The van der Waals surface area contributed by atoms with Crippen LogP contribution in [-0.4, -0.2) is 7.11 Å². The second-order valence-electron chi connectivity index (χ2n) is 4.27. The maximum Gasteiger partial charge on any atom is 0.142 e. The zero-order valence-corrected chi connectivity index (χ0v) is 11.3. The topological polar surface area (TPSA) is 35.2 Å². The molecule has 2 aromatic carbocycles. The van der Waals surface area contributed by atoms with Crippen LogP contribution in [0.1, 0.15) is 17.2 Å². The van der Waals surface area contributed by atoms with Gasteiger partial charge in [-0.3, -0.25) is 0 Å². The van der Waals surface area contributed by atoms with Crippen molar-refractivity contribution in [3.8, 4) is 5.75 Å². The molecule has 2 aromatic rings. The van der Waals surface area contributed by atoms with E-state index in [0.29, 0.717) is 12.0 Å². The zero-order chi connectivity index (χ0) is 13.8. The van der Waals surface area contributed by atoms with Crippen molar-refractivity contribution in [3.63, 3.8) is 0 Å². The summed E-state index contributed by atoms with van der Waals surface area (Å²) >= 11 is 5.94. The van der Waals surface area contributed by atoms with Crippen LogP contribution in [-0.2, 0) is 6.42 Å². The van der Waals surface area contributed by atoms with Gasteiger partial charge in [0, 0.05) is 11.6 Å². The van der Waals surface area contributed by atoms with Crippen LogP contribution < -0.4 is 10.5 Å². The highest BCUT2D eigenvalue weighted by Gasteiger charge is 2.14. The van der Waals surface area contributed by atoms with Crippen molar-refractivity contribution in [3.05, 3.63) is 64.4 Å². The van der Waals surface area contributed by atoms with Crippen molar-refractivity contribution in [1.29, 1.82) is 0 Å². The predicted octanol–water partition coefficient (Wildman–Crippen LogP) is 3.73. The van der Waals surface area contributed by atoms with Crippen LogP contribution in [0.4, 0.5) is 4.39 Å². The number of hydrogen-bond donors (Lipinski definition) is 1. The standard InChI is InChI=1S/C15H15ClFNO/c1-19-14-8-3-2-6-11(14)13(18)9-10-5-4-7-12(17)15(10)16/h2-8,13H,9,18H2,1H3. The molecular formula is C15H15ClFNO. The van der Waals surface area contributed by atoms with E-state index >= 15 is 0 Å². The van der Waals surface area contributed by atoms with E-state index in [2.05, 4.69) is 0 Å². The molecule has 0 fully saturated rings. The molecule has 19 heavy (non-hydrogen) atoms. The molecule has 0 aliphatic carbocycles. The molecule has 0 aliphatic heterocycles. The highest BCUT2D eigenvalue weighted by atomic mass is 35.5. The highest BCUT2D eigenvalue weighted by molar-refractivity contribution is 6.31. The number of halogens is 2. The van der Waals surface area contributed by atoms with Crippen molar-refractivity contribution in [2.75, 3.05) is 7.11 Å². The Hall–Kier alpha value is -1.58. The smallest absolute Gasteiger partial charge is 0.142 e. The van der Waals surface area contributed by atoms with Gasteiger partial charge in [0.2, 0.25) is 0 Å². The summed E-state index contributed by atoms with van der Waals surface area (Å²) in [6, 6.07) is 12.0. The number of nitrogens with two attached hydrogens (primary N) is 1. The summed E-state index contributed by atoms with van der Waals surface area (Å²) in [6.07, 6.45) is 0.455. The first-order chi connectivity index (χ1) is 9.13. The van der Waals surface area contributed by atoms with Gasteiger partial charge in [-0.15, -0.1) is 0 Å². The molecular weight excluding hydrogens is 265 g/mol. The molecule has 2 N–H and O–H groups in total. The molecule has 0 aromatic heterocycles. The fraction of sp³-hybridized carbons (Fsp3) is 0.200. The van der Waals surface area contributed by atoms with Crippen molar-refractivity contribution in [2.24, 2.45) is 5.73 Å². The normalized spacial score (nSPS) is 12.2. The molecule has 2 rings (SSSR count). The molecule has 0 spiro atoms. The number of benzene rings is 2. The molecule has 1 atom stereocenters. The summed E-state index contributed by atoms with van der Waals surface area (Å²) in [7, 11) is 1.60. The summed E-state index contributed by atoms with van der Waals surface area (Å²) in [5, 5.41) is 0.132. The van der Waals surface area contributed by atoms with Crippen molar-refractivity contribution in [1.82, 2.24) is 0 Å². The third kappa shape index (κ3) is 3.06. The minimum atomic E-state index is -0.425. The molecule has 4 heteroatoms. The lowest BCUT2D eigenvalue weighted by Gasteiger charge is -2.16. The molecule has 0 heterocycles. The fourth-order valence-corrected chi connectivity index (χ4v) is 2.23. The van der Waals surface area contributed by atoms with Crippen LogP contribution in [0.3, 0.4) is 0 Å². The Morgan fingerprint density at radius 1 is 1.21 bits per heavy atom. The van der Waals surface area contributed by atoms with Crippen LogP contribution in [0, 0.1) is 5.82 Å². The molecule has 0 saturated heterocycles. The second-order valence-corrected chi connectivity index (χ2v) is 4.64. The number of para-hydroxylation sites is 1. The molecule has 1 unspecified atom stereocenters. The maximum atomic E-state index is 13.4. The number of ether oxygens (including phenoxy) is 1. The SMILES string of the molecule is COc1ccccc1C(N)Cc1cccc(F)c1Cl. The summed E-state index contributed by atoms with van der Waals surface area (Å²) in [5.41, 5.74) is 7.74. The molecule has 0 radical (unpaired) electrons. The van der Waals surface area contributed by atoms with Gasteiger partial charge in [-0.1, -0.05) is 41.9 Å². The van der Waals surface area contributed by atoms with Crippen LogP contribution >= 0.6 is 11.6 Å². The Labute approximate surface area is 117 Å². The second kappa shape index (κ2) is 6.04. The van der Waals surface area contributed by atoms with E-state index in [4.69, 9.17) is 22.1 Å². The Bertz CT molecular complexity index is 574. The van der Waals surface area contributed by atoms with Crippen molar-refractivity contribution in [2.45, 2.75) is 12.5 Å². The molecule has 0 amide bonds. The van der Waals surface area contributed by atoms with E-state index < -0.39 is 5.82 Å². The highest BCUT2D eigenvalue weighted by Crippen LogP contribution is 2.28. The summed E-state index contributed by atoms with van der Waals surface area (Å²) in [6.45, 7) is 0. The zero-order valence-electron chi connectivity index (χ0n) is 10.6. The minimum Gasteiger partial charge on any atom is -0.496 e. The number of hydrogen-bond acceptors (Lipinski definition) is 2. The van der Waals surface area contributed by atoms with Gasteiger partial charge in [0.1, 0.15) is 11.6 Å². The van der Waals surface area contributed by atoms with E-state index in [1.54, 1.807) is 19.2 Å². The Morgan fingerprint density at radius 2 is 1.95 bits per heavy atom. The third-order valence-electron chi connectivity index (χ3n) is 3.01. The van der Waals surface area contributed by atoms with Gasteiger partial charge >= 0.3 is 0 Å². The van der Waals surface area contributed by atoms with Gasteiger partial charge in [-0.2, -0.15) is 0 Å². The van der Waals surface area contributed by atoms with E-state index in [1.165, 1.54) is 6.07 Å². The number of rotatable bonds is 4. The average Bonchev–Trinajstić information content (AvgIpc) is 2.43. The first kappa shape index (κ1) is 13.8. The van der Waals surface area contributed by atoms with Gasteiger partial charge in [0.05, 0.1) is 12.1 Å². The maximum absolute atomic E-state index is 13.4. The molecule has 0 aliphatic rings. The predicted molar refractivity (Wildman–Crippen MR) is 75.0 cm³/mol. The Kier molecular flexibility index (Phi) is 4.40. The van der Waals surface area contributed by atoms with Crippen LogP contribution in [0.25, 0.3) is 0 Å². The van der Waals surface area contributed by atoms with E-state index in [1.807, 2.05) is 24.3 Å². The Morgan fingerprint density at radius 3 is 2.68 bits per heavy atom. The summed E-state index contributed by atoms with van der Waals surface area (Å²) in [4.78, 5) is 0. The lowest BCUT2D eigenvalue weighted by atomic mass is 9.99. The van der Waals surface area contributed by atoms with E-state index in [0.717, 1.165) is 11.3 Å². The largest absolute Gasteiger partial charge is 0.496 e. The summed E-state index contributed by atoms with van der Waals surface area (Å²) < 4.78 is 18.7. The molecule has 100 valence electrons. The van der Waals surface area contributed by atoms with Gasteiger partial charge in [0.15, 0.2) is 0 Å². The monoisotopic (exact) mass is 279 g/mol. The van der Waals surface area contributed by atoms with Crippen LogP contribution in [0.2, 0.25) is 5.02 Å². The first-order valence-electron chi connectivity index (χ1n) is 5.95. The summed E-state index contributed by atoms with van der Waals surface area (Å²) in [5.74, 6) is 0.300. The average molecular weight is 280 g/mol. The molecule has 2 nitrogen and oxygen atoms in total. The van der Waals surface area contributed by atoms with Crippen LogP contribution in [0.5, 0.6) is 5.75 Å². The van der Waals surface area contributed by atoms with Crippen molar-refractivity contribution >= 4 is 11.6 Å². The van der Waals surface area contributed by atoms with Gasteiger partial charge < -0.3 is 10.5 Å². The van der Waals surface area contributed by atoms with Gasteiger partial charge in [0.25, 0.3) is 0 Å². The van der Waals surface area contributed by atoms with E-state index in [-0.39, 0.29) is 11.1 Å². The van der Waals surface area contributed by atoms with Gasteiger partial charge in [-0.25, -0.2) is 4.39 Å². The first-order valence-corrected chi connectivity index (χ1v) is 6.32. The van der Waals surface area contributed by atoms with E-state index in [9.17, 15) is 4.39 Å². The quantitative estimate of drug-likeness (QED) is 0.925. The molecule has 0 bridgehead atoms.